The van der Waals surface area contributed by atoms with Crippen LogP contribution in [0.3, 0.4) is 0 Å². The molecule has 0 fully saturated rings. The lowest BCUT2D eigenvalue weighted by Crippen LogP contribution is -2.27. The Morgan fingerprint density at radius 2 is 1.75 bits per heavy atom. The average Bonchev–Trinajstić information content (AvgIpc) is 3.20. The maximum absolute atomic E-state index is 12.6. The van der Waals surface area contributed by atoms with Gasteiger partial charge in [0, 0.05) is 16.3 Å². The number of carbonyl (C=O) groups is 1. The lowest BCUT2D eigenvalue weighted by Gasteiger charge is -2.13. The van der Waals surface area contributed by atoms with E-state index >= 15 is 0 Å². The average molecular weight is 489 g/mol. The van der Waals surface area contributed by atoms with Crippen molar-refractivity contribution in [3.8, 4) is 0 Å². The minimum atomic E-state index is -3.95. The molecule has 1 amide bonds. The normalized spacial score (nSPS) is 12.5. The van der Waals surface area contributed by atoms with Crippen LogP contribution >= 0.6 is 23.2 Å². The molecule has 1 atom stereocenters. The zero-order valence-electron chi connectivity index (χ0n) is 16.8. The van der Waals surface area contributed by atoms with Crippen molar-refractivity contribution in [2.45, 2.75) is 17.9 Å². The molecule has 0 saturated heterocycles. The van der Waals surface area contributed by atoms with E-state index in [1.54, 1.807) is 0 Å². The molecule has 3 N–H and O–H groups in total. The third kappa shape index (κ3) is 4.72. The molecule has 4 aromatic rings. The van der Waals surface area contributed by atoms with Crippen molar-refractivity contribution < 1.29 is 13.2 Å². The van der Waals surface area contributed by atoms with Crippen molar-refractivity contribution in [3.05, 3.63) is 88.2 Å². The van der Waals surface area contributed by atoms with Crippen LogP contribution in [0, 0.1) is 0 Å². The minimum absolute atomic E-state index is 0.0532. The van der Waals surface area contributed by atoms with E-state index in [1.165, 1.54) is 42.5 Å². The number of amides is 1. The lowest BCUT2D eigenvalue weighted by molar-refractivity contribution is 0.0938. The number of imidazole rings is 1. The summed E-state index contributed by atoms with van der Waals surface area (Å²) in [6.07, 6.45) is 0. The summed E-state index contributed by atoms with van der Waals surface area (Å²) in [5.41, 5.74) is 2.36. The molecule has 7 nitrogen and oxygen atoms in total. The van der Waals surface area contributed by atoms with Crippen LogP contribution in [0.1, 0.15) is 29.1 Å². The molecule has 1 aromatic heterocycles. The van der Waals surface area contributed by atoms with Gasteiger partial charge in [-0.05, 0) is 61.5 Å². The second-order valence-electron chi connectivity index (χ2n) is 7.09. The number of sulfonamides is 1. The van der Waals surface area contributed by atoms with Crippen LogP contribution in [0.5, 0.6) is 0 Å². The highest BCUT2D eigenvalue weighted by Crippen LogP contribution is 2.27. The summed E-state index contributed by atoms with van der Waals surface area (Å²) in [7, 11) is -3.95. The van der Waals surface area contributed by atoms with Crippen molar-refractivity contribution in [3.63, 3.8) is 0 Å². The summed E-state index contributed by atoms with van der Waals surface area (Å²) in [5, 5.41) is 3.18. The van der Waals surface area contributed by atoms with E-state index < -0.39 is 10.0 Å². The molecule has 0 saturated carbocycles. The molecule has 0 bridgehead atoms. The van der Waals surface area contributed by atoms with Gasteiger partial charge in [0.15, 0.2) is 0 Å². The Kier molecular flexibility index (Phi) is 6.10. The number of fused-ring (bicyclic) bond motifs is 1. The number of carbonyl (C=O) groups excluding carboxylic acids is 1. The second-order valence-corrected chi connectivity index (χ2v) is 9.59. The Balaban J connectivity index is 1.45. The van der Waals surface area contributed by atoms with Gasteiger partial charge in [-0.2, -0.15) is 0 Å². The highest BCUT2D eigenvalue weighted by Gasteiger charge is 2.19. The number of anilines is 1. The number of benzene rings is 3. The second kappa shape index (κ2) is 8.82. The Morgan fingerprint density at radius 3 is 2.47 bits per heavy atom. The zero-order chi connectivity index (χ0) is 22.9. The predicted octanol–water partition coefficient (Wildman–Crippen LogP) is 5.16. The van der Waals surface area contributed by atoms with Gasteiger partial charge in [-0.25, -0.2) is 13.4 Å². The van der Waals surface area contributed by atoms with Crippen LogP contribution < -0.4 is 10.0 Å². The molecule has 10 heteroatoms. The van der Waals surface area contributed by atoms with Gasteiger partial charge < -0.3 is 10.3 Å². The first kappa shape index (κ1) is 22.1. The SMILES string of the molecule is CC(NC(=O)c1ccc(NS(=O)(=O)c2cc(Cl)ccc2Cl)cc1)c1nc2ccccc2[nH]1. The van der Waals surface area contributed by atoms with Gasteiger partial charge in [-0.3, -0.25) is 9.52 Å². The van der Waals surface area contributed by atoms with Crippen LogP contribution in [0.25, 0.3) is 11.0 Å². The van der Waals surface area contributed by atoms with Gasteiger partial charge in [0.05, 0.1) is 22.1 Å². The molecule has 164 valence electrons. The maximum atomic E-state index is 12.6. The van der Waals surface area contributed by atoms with Crippen LogP contribution in [0.15, 0.2) is 71.6 Å². The van der Waals surface area contributed by atoms with Crippen molar-refractivity contribution in [1.29, 1.82) is 0 Å². The smallest absolute Gasteiger partial charge is 0.263 e. The summed E-state index contributed by atoms with van der Waals surface area (Å²) in [4.78, 5) is 20.2. The standard InChI is InChI=1S/C22H18Cl2N4O3S/c1-13(21-26-18-4-2-3-5-19(18)27-21)25-22(29)14-6-9-16(10-7-14)28-32(30,31)20-12-15(23)8-11-17(20)24/h2-13,28H,1H3,(H,25,29)(H,26,27). The number of nitrogens with one attached hydrogen (secondary N) is 3. The third-order valence-corrected chi connectivity index (χ3v) is 6.85. The van der Waals surface area contributed by atoms with E-state index in [4.69, 9.17) is 23.2 Å². The summed E-state index contributed by atoms with van der Waals surface area (Å²) < 4.78 is 27.7. The van der Waals surface area contributed by atoms with Crippen molar-refractivity contribution in [2.24, 2.45) is 0 Å². The van der Waals surface area contributed by atoms with Gasteiger partial charge in [0.25, 0.3) is 15.9 Å². The molecule has 0 radical (unpaired) electrons. The monoisotopic (exact) mass is 488 g/mol. The molecule has 1 heterocycles. The Morgan fingerprint density at radius 1 is 1.03 bits per heavy atom. The van der Waals surface area contributed by atoms with Gasteiger partial charge in [-0.15, -0.1) is 0 Å². The molecule has 1 unspecified atom stereocenters. The fraction of sp³-hybridized carbons (Fsp3) is 0.0909. The number of hydrogen-bond acceptors (Lipinski definition) is 4. The van der Waals surface area contributed by atoms with E-state index in [2.05, 4.69) is 20.0 Å². The quantitative estimate of drug-likeness (QED) is 0.348. The predicted molar refractivity (Wildman–Crippen MR) is 126 cm³/mol. The highest BCUT2D eigenvalue weighted by molar-refractivity contribution is 7.92. The summed E-state index contributed by atoms with van der Waals surface area (Å²) in [6, 6.07) is 17.5. The van der Waals surface area contributed by atoms with E-state index in [0.717, 1.165) is 11.0 Å². The number of H-pyrrole nitrogens is 1. The lowest BCUT2D eigenvalue weighted by atomic mass is 10.2. The van der Waals surface area contributed by atoms with Crippen LogP contribution in [0.2, 0.25) is 10.0 Å². The van der Waals surface area contributed by atoms with E-state index in [-0.39, 0.29) is 32.6 Å². The number of rotatable bonds is 6. The number of nitrogens with zero attached hydrogens (tertiary/aromatic N) is 1. The molecule has 4 rings (SSSR count). The van der Waals surface area contributed by atoms with E-state index in [0.29, 0.717) is 11.4 Å². The first-order chi connectivity index (χ1) is 15.2. The van der Waals surface area contributed by atoms with Crippen LogP contribution in [0.4, 0.5) is 5.69 Å². The summed E-state index contributed by atoms with van der Waals surface area (Å²) in [6.45, 7) is 1.83. The molecule has 0 spiro atoms. The summed E-state index contributed by atoms with van der Waals surface area (Å²) >= 11 is 11.9. The molecule has 0 aliphatic rings. The molecular weight excluding hydrogens is 471 g/mol. The van der Waals surface area contributed by atoms with Crippen molar-refractivity contribution in [2.75, 3.05) is 4.72 Å². The minimum Gasteiger partial charge on any atom is -0.342 e. The van der Waals surface area contributed by atoms with Crippen LogP contribution in [-0.2, 0) is 10.0 Å². The number of hydrogen-bond donors (Lipinski definition) is 3. The van der Waals surface area contributed by atoms with Gasteiger partial charge in [0.1, 0.15) is 10.7 Å². The Bertz CT molecular complexity index is 1370. The fourth-order valence-electron chi connectivity index (χ4n) is 3.11. The van der Waals surface area contributed by atoms with Crippen molar-refractivity contribution in [1.82, 2.24) is 15.3 Å². The number of aromatic nitrogens is 2. The molecule has 3 aromatic carbocycles. The Hall–Kier alpha value is -3.07. The third-order valence-electron chi connectivity index (χ3n) is 4.75. The van der Waals surface area contributed by atoms with Gasteiger partial charge in [-0.1, -0.05) is 35.3 Å². The number of para-hydroxylation sites is 2. The zero-order valence-corrected chi connectivity index (χ0v) is 19.1. The van der Waals surface area contributed by atoms with E-state index in [1.807, 2.05) is 31.2 Å². The maximum Gasteiger partial charge on any atom is 0.263 e. The molecule has 0 aliphatic carbocycles. The molecule has 0 aliphatic heterocycles. The van der Waals surface area contributed by atoms with Gasteiger partial charge >= 0.3 is 0 Å². The number of halogens is 2. The first-order valence-corrected chi connectivity index (χ1v) is 11.8. The largest absolute Gasteiger partial charge is 0.342 e. The first-order valence-electron chi connectivity index (χ1n) is 9.56. The van der Waals surface area contributed by atoms with Crippen LogP contribution in [-0.4, -0.2) is 24.3 Å². The van der Waals surface area contributed by atoms with E-state index in [9.17, 15) is 13.2 Å². The van der Waals surface area contributed by atoms with Gasteiger partial charge in [0.2, 0.25) is 0 Å². The molecule has 32 heavy (non-hydrogen) atoms. The number of aromatic amines is 1. The summed E-state index contributed by atoms with van der Waals surface area (Å²) in [5.74, 6) is 0.326. The molecular formula is C22H18Cl2N4O3S. The highest BCUT2D eigenvalue weighted by atomic mass is 35.5. The fourth-order valence-corrected chi connectivity index (χ4v) is 4.93. The topological polar surface area (TPSA) is 104 Å². The van der Waals surface area contributed by atoms with Crippen molar-refractivity contribution >= 4 is 55.9 Å². The Labute approximate surface area is 194 Å².